The first-order valence-corrected chi connectivity index (χ1v) is 12.4. The number of aromatic nitrogens is 2. The molecule has 1 atom stereocenters. The number of para-hydroxylation sites is 1. The lowest BCUT2D eigenvalue weighted by Gasteiger charge is -2.14. The Balaban J connectivity index is 1.33. The lowest BCUT2D eigenvalue weighted by molar-refractivity contribution is -0.127. The van der Waals surface area contributed by atoms with Crippen LogP contribution in [-0.2, 0) is 16.0 Å². The van der Waals surface area contributed by atoms with Gasteiger partial charge in [0.05, 0.1) is 5.52 Å². The van der Waals surface area contributed by atoms with E-state index in [1.165, 1.54) is 11.6 Å². The van der Waals surface area contributed by atoms with Crippen LogP contribution in [0.4, 0.5) is 17.3 Å². The summed E-state index contributed by atoms with van der Waals surface area (Å²) in [5, 5.41) is 7.05. The molecule has 5 rings (SSSR count). The van der Waals surface area contributed by atoms with Crippen molar-refractivity contribution in [2.24, 2.45) is 5.92 Å². The molecule has 37 heavy (non-hydrogen) atoms. The van der Waals surface area contributed by atoms with Crippen molar-refractivity contribution in [3.8, 4) is 11.1 Å². The van der Waals surface area contributed by atoms with E-state index in [1.54, 1.807) is 6.92 Å². The smallest absolute Gasteiger partial charge is 0.247 e. The summed E-state index contributed by atoms with van der Waals surface area (Å²) >= 11 is 0. The van der Waals surface area contributed by atoms with Gasteiger partial charge in [0.1, 0.15) is 0 Å². The van der Waals surface area contributed by atoms with E-state index in [-0.39, 0.29) is 11.8 Å². The molecule has 1 aliphatic heterocycles. The van der Waals surface area contributed by atoms with Crippen LogP contribution >= 0.6 is 0 Å². The van der Waals surface area contributed by atoms with Gasteiger partial charge in [0, 0.05) is 48.5 Å². The first kappa shape index (κ1) is 24.2. The quantitative estimate of drug-likeness (QED) is 0.330. The fourth-order valence-corrected chi connectivity index (χ4v) is 4.78. The molecule has 2 N–H and O–H groups in total. The zero-order valence-corrected chi connectivity index (χ0v) is 20.8. The summed E-state index contributed by atoms with van der Waals surface area (Å²) in [6.45, 7) is 6.85. The first-order valence-electron chi connectivity index (χ1n) is 12.4. The minimum Gasteiger partial charge on any atom is -0.343 e. The maximum Gasteiger partial charge on any atom is 0.247 e. The second-order valence-electron chi connectivity index (χ2n) is 9.36. The van der Waals surface area contributed by atoms with E-state index < -0.39 is 0 Å². The van der Waals surface area contributed by atoms with Crippen LogP contribution in [-0.4, -0.2) is 39.8 Å². The van der Waals surface area contributed by atoms with Gasteiger partial charge < -0.3 is 15.5 Å². The SMILES string of the molecule is C=CC(=O)Nc1cccc(-c2cccc3cnc(Nc4ccc(C[C@@H]5CCN(C(C)=O)C5)cc4)nc23)c1. The van der Waals surface area contributed by atoms with Crippen molar-refractivity contribution in [2.75, 3.05) is 23.7 Å². The van der Waals surface area contributed by atoms with Crippen LogP contribution in [0.15, 0.2) is 85.6 Å². The van der Waals surface area contributed by atoms with Crippen LogP contribution in [0.2, 0.25) is 0 Å². The molecule has 0 aliphatic carbocycles. The van der Waals surface area contributed by atoms with Crippen molar-refractivity contribution in [3.05, 3.63) is 91.1 Å². The molecule has 0 saturated carbocycles. The summed E-state index contributed by atoms with van der Waals surface area (Å²) in [6.07, 6.45) is 5.08. The fourth-order valence-electron chi connectivity index (χ4n) is 4.78. The summed E-state index contributed by atoms with van der Waals surface area (Å²) in [6, 6.07) is 21.9. The number of amides is 2. The van der Waals surface area contributed by atoms with Gasteiger partial charge in [-0.05, 0) is 60.2 Å². The van der Waals surface area contributed by atoms with Gasteiger partial charge in [0.25, 0.3) is 0 Å². The molecule has 0 bridgehead atoms. The second-order valence-corrected chi connectivity index (χ2v) is 9.36. The number of nitrogens with one attached hydrogen (secondary N) is 2. The molecule has 0 unspecified atom stereocenters. The molecule has 1 saturated heterocycles. The molecule has 7 nitrogen and oxygen atoms in total. The van der Waals surface area contributed by atoms with Crippen molar-refractivity contribution in [3.63, 3.8) is 0 Å². The number of carbonyl (C=O) groups excluding carboxylic acids is 2. The van der Waals surface area contributed by atoms with Crippen LogP contribution in [0, 0.1) is 5.92 Å². The Labute approximate surface area is 216 Å². The number of rotatable bonds is 7. The molecule has 2 heterocycles. The van der Waals surface area contributed by atoms with Crippen LogP contribution in [0.5, 0.6) is 0 Å². The van der Waals surface area contributed by atoms with Gasteiger partial charge in [0.15, 0.2) is 0 Å². The molecular weight excluding hydrogens is 462 g/mol. The number of nitrogens with zero attached hydrogens (tertiary/aromatic N) is 3. The molecule has 2 amide bonds. The topological polar surface area (TPSA) is 87.2 Å². The molecule has 0 spiro atoms. The van der Waals surface area contributed by atoms with Crippen LogP contribution in [0.1, 0.15) is 18.9 Å². The number of anilines is 3. The number of hydrogen-bond donors (Lipinski definition) is 2. The third kappa shape index (κ3) is 5.67. The Kier molecular flexibility index (Phi) is 6.94. The maximum absolute atomic E-state index is 11.7. The van der Waals surface area contributed by atoms with Crippen molar-refractivity contribution < 1.29 is 9.59 Å². The monoisotopic (exact) mass is 491 g/mol. The predicted molar refractivity (Wildman–Crippen MR) is 148 cm³/mol. The molecule has 1 aromatic heterocycles. The Morgan fingerprint density at radius 3 is 2.65 bits per heavy atom. The lowest BCUT2D eigenvalue weighted by atomic mass is 9.98. The fraction of sp³-hybridized carbons (Fsp3) is 0.200. The van der Waals surface area contributed by atoms with Gasteiger partial charge in [-0.1, -0.05) is 49.0 Å². The van der Waals surface area contributed by atoms with Crippen LogP contribution in [0.25, 0.3) is 22.0 Å². The van der Waals surface area contributed by atoms with E-state index >= 15 is 0 Å². The van der Waals surface area contributed by atoms with E-state index in [1.807, 2.05) is 65.7 Å². The first-order chi connectivity index (χ1) is 18.0. The van der Waals surface area contributed by atoms with Crippen molar-refractivity contribution in [1.29, 1.82) is 0 Å². The van der Waals surface area contributed by atoms with Gasteiger partial charge in [-0.2, -0.15) is 0 Å². The number of fused-ring (bicyclic) bond motifs is 1. The van der Waals surface area contributed by atoms with E-state index in [9.17, 15) is 9.59 Å². The zero-order valence-electron chi connectivity index (χ0n) is 20.8. The molecular formula is C30H29N5O2. The highest BCUT2D eigenvalue weighted by atomic mass is 16.2. The Bertz CT molecular complexity index is 1460. The third-order valence-corrected chi connectivity index (χ3v) is 6.70. The Hall–Kier alpha value is -4.52. The van der Waals surface area contributed by atoms with Gasteiger partial charge >= 0.3 is 0 Å². The van der Waals surface area contributed by atoms with Crippen molar-refractivity contribution in [2.45, 2.75) is 19.8 Å². The minimum absolute atomic E-state index is 0.160. The highest BCUT2D eigenvalue weighted by molar-refractivity contribution is 6.00. The van der Waals surface area contributed by atoms with E-state index in [0.29, 0.717) is 17.6 Å². The van der Waals surface area contributed by atoms with Gasteiger partial charge in [-0.15, -0.1) is 0 Å². The van der Waals surface area contributed by atoms with E-state index in [4.69, 9.17) is 4.98 Å². The lowest BCUT2D eigenvalue weighted by Crippen LogP contribution is -2.26. The average Bonchev–Trinajstić information content (AvgIpc) is 3.38. The molecule has 4 aromatic rings. The normalized spacial score (nSPS) is 14.9. The molecule has 1 fully saturated rings. The molecule has 7 heteroatoms. The van der Waals surface area contributed by atoms with Gasteiger partial charge in [-0.25, -0.2) is 9.97 Å². The summed E-state index contributed by atoms with van der Waals surface area (Å²) in [4.78, 5) is 34.6. The second kappa shape index (κ2) is 10.6. The Morgan fingerprint density at radius 1 is 1.08 bits per heavy atom. The number of likely N-dealkylation sites (tertiary alicyclic amines) is 1. The number of hydrogen-bond acceptors (Lipinski definition) is 5. The molecule has 186 valence electrons. The van der Waals surface area contributed by atoms with E-state index in [2.05, 4.69) is 34.3 Å². The summed E-state index contributed by atoms with van der Waals surface area (Å²) in [5.74, 6) is 0.925. The predicted octanol–water partition coefficient (Wildman–Crippen LogP) is 5.58. The maximum atomic E-state index is 11.7. The number of carbonyl (C=O) groups is 2. The summed E-state index contributed by atoms with van der Waals surface area (Å²) < 4.78 is 0. The summed E-state index contributed by atoms with van der Waals surface area (Å²) in [5.41, 5.74) is 5.57. The van der Waals surface area contributed by atoms with Crippen LogP contribution < -0.4 is 10.6 Å². The molecule has 0 radical (unpaired) electrons. The highest BCUT2D eigenvalue weighted by Gasteiger charge is 2.24. The number of benzene rings is 3. The van der Waals surface area contributed by atoms with Gasteiger partial charge in [0.2, 0.25) is 17.8 Å². The van der Waals surface area contributed by atoms with Crippen molar-refractivity contribution in [1.82, 2.24) is 14.9 Å². The average molecular weight is 492 g/mol. The summed E-state index contributed by atoms with van der Waals surface area (Å²) in [7, 11) is 0. The standard InChI is InChI=1S/C30H29N5O2/c1-3-28(37)32-26-8-4-6-23(17-26)27-9-5-7-24-18-31-30(34-29(24)27)33-25-12-10-21(11-13-25)16-22-14-15-35(19-22)20(2)36/h3-13,17-18,22H,1,14-16,19H2,2H3,(H,32,37)(H,31,33,34)/t22-/m0/s1. The van der Waals surface area contributed by atoms with Crippen molar-refractivity contribution >= 4 is 40.0 Å². The minimum atomic E-state index is -0.254. The van der Waals surface area contributed by atoms with E-state index in [0.717, 1.165) is 53.6 Å². The largest absolute Gasteiger partial charge is 0.343 e. The van der Waals surface area contributed by atoms with Crippen LogP contribution in [0.3, 0.4) is 0 Å². The molecule has 1 aliphatic rings. The zero-order chi connectivity index (χ0) is 25.8. The molecule has 3 aromatic carbocycles. The third-order valence-electron chi connectivity index (χ3n) is 6.70. The van der Waals surface area contributed by atoms with Gasteiger partial charge in [-0.3, -0.25) is 9.59 Å². The highest BCUT2D eigenvalue weighted by Crippen LogP contribution is 2.30. The Morgan fingerprint density at radius 2 is 1.89 bits per heavy atom.